The van der Waals surface area contributed by atoms with Gasteiger partial charge < -0.3 is 14.4 Å². The maximum Gasteiger partial charge on any atom is 0.260 e. The molecule has 2 fully saturated rings. The molecule has 1 amide bonds. The van der Waals surface area contributed by atoms with Crippen LogP contribution in [-0.4, -0.2) is 81.6 Å². The van der Waals surface area contributed by atoms with Crippen LogP contribution < -0.4 is 9.47 Å². The van der Waals surface area contributed by atoms with Gasteiger partial charge in [0.2, 0.25) is 0 Å². The van der Waals surface area contributed by atoms with Gasteiger partial charge >= 0.3 is 0 Å². The van der Waals surface area contributed by atoms with Crippen LogP contribution in [-0.2, 0) is 14.6 Å². The summed E-state index contributed by atoms with van der Waals surface area (Å²) in [5, 5.41) is 0. The number of rotatable bonds is 5. The molecule has 0 N–H and O–H groups in total. The van der Waals surface area contributed by atoms with E-state index < -0.39 is 9.84 Å². The molecule has 0 spiro atoms. The Morgan fingerprint density at radius 3 is 2.32 bits per heavy atom. The summed E-state index contributed by atoms with van der Waals surface area (Å²) in [4.78, 5) is 16.3. The van der Waals surface area contributed by atoms with E-state index >= 15 is 0 Å². The Bertz CT molecular complexity index is 696. The minimum Gasteiger partial charge on any atom is -0.497 e. The fourth-order valence-electron chi connectivity index (χ4n) is 3.31. The maximum atomic E-state index is 12.3. The van der Waals surface area contributed by atoms with Gasteiger partial charge in [0.05, 0.1) is 18.6 Å². The van der Waals surface area contributed by atoms with Crippen molar-refractivity contribution in [2.45, 2.75) is 12.5 Å². The van der Waals surface area contributed by atoms with Gasteiger partial charge in [-0.05, 0) is 30.7 Å². The quantitative estimate of drug-likeness (QED) is 0.749. The van der Waals surface area contributed by atoms with Crippen LogP contribution in [0.1, 0.15) is 6.42 Å². The van der Waals surface area contributed by atoms with Crippen LogP contribution in [0.15, 0.2) is 24.3 Å². The smallest absolute Gasteiger partial charge is 0.260 e. The third-order valence-corrected chi connectivity index (χ3v) is 6.56. The average Bonchev–Trinajstić information content (AvgIpc) is 3.00. The Kier molecular flexibility index (Phi) is 5.48. The molecule has 1 aromatic rings. The first-order valence-electron chi connectivity index (χ1n) is 8.46. The van der Waals surface area contributed by atoms with Crippen LogP contribution in [0, 0.1) is 0 Å². The van der Waals surface area contributed by atoms with E-state index in [2.05, 4.69) is 4.90 Å². The third kappa shape index (κ3) is 4.64. The lowest BCUT2D eigenvalue weighted by Crippen LogP contribution is -2.53. The molecule has 2 heterocycles. The number of methoxy groups -OCH3 is 1. The molecule has 2 aliphatic rings. The summed E-state index contributed by atoms with van der Waals surface area (Å²) in [5.41, 5.74) is 0. The number of carbonyl (C=O) groups excluding carboxylic acids is 1. The van der Waals surface area contributed by atoms with Crippen molar-refractivity contribution in [3.8, 4) is 11.5 Å². The zero-order valence-electron chi connectivity index (χ0n) is 14.4. The number of hydrogen-bond acceptors (Lipinski definition) is 6. The predicted octanol–water partition coefficient (Wildman–Crippen LogP) is 0.405. The lowest BCUT2D eigenvalue weighted by Gasteiger charge is -2.37. The van der Waals surface area contributed by atoms with Gasteiger partial charge in [0.1, 0.15) is 11.5 Å². The number of piperazine rings is 1. The molecule has 8 heteroatoms. The van der Waals surface area contributed by atoms with Gasteiger partial charge in [-0.2, -0.15) is 0 Å². The van der Waals surface area contributed by atoms with E-state index in [0.717, 1.165) is 5.75 Å². The molecule has 138 valence electrons. The van der Waals surface area contributed by atoms with Crippen LogP contribution in [0.2, 0.25) is 0 Å². The summed E-state index contributed by atoms with van der Waals surface area (Å²) in [6.07, 6.45) is 0.705. The van der Waals surface area contributed by atoms with Crippen molar-refractivity contribution in [2.24, 2.45) is 0 Å². The molecule has 0 aromatic heterocycles. The van der Waals surface area contributed by atoms with Crippen LogP contribution in [0.4, 0.5) is 0 Å². The Morgan fingerprint density at radius 2 is 1.76 bits per heavy atom. The zero-order valence-corrected chi connectivity index (χ0v) is 15.2. The minimum atomic E-state index is -2.87. The predicted molar refractivity (Wildman–Crippen MR) is 93.7 cm³/mol. The van der Waals surface area contributed by atoms with E-state index in [1.165, 1.54) is 0 Å². The van der Waals surface area contributed by atoms with Gasteiger partial charge in [0, 0.05) is 32.2 Å². The average molecular weight is 368 g/mol. The van der Waals surface area contributed by atoms with Gasteiger partial charge in [-0.1, -0.05) is 0 Å². The Hall–Kier alpha value is -1.80. The summed E-state index contributed by atoms with van der Waals surface area (Å²) < 4.78 is 33.8. The highest BCUT2D eigenvalue weighted by atomic mass is 32.2. The highest BCUT2D eigenvalue weighted by Crippen LogP contribution is 2.20. The third-order valence-electron chi connectivity index (χ3n) is 4.81. The highest BCUT2D eigenvalue weighted by Gasteiger charge is 2.34. The summed E-state index contributed by atoms with van der Waals surface area (Å²) in [7, 11) is -1.27. The molecule has 0 radical (unpaired) electrons. The van der Waals surface area contributed by atoms with Gasteiger partial charge in [0.15, 0.2) is 16.4 Å². The number of amides is 1. The second-order valence-electron chi connectivity index (χ2n) is 6.44. The molecular formula is C17H24N2O5S. The summed E-state index contributed by atoms with van der Waals surface area (Å²) in [5.74, 6) is 1.86. The molecule has 0 saturated carbocycles. The monoisotopic (exact) mass is 368 g/mol. The van der Waals surface area contributed by atoms with Crippen LogP contribution in [0.25, 0.3) is 0 Å². The molecule has 3 rings (SSSR count). The number of sulfone groups is 1. The molecule has 1 aromatic carbocycles. The fourth-order valence-corrected chi connectivity index (χ4v) is 5.07. The van der Waals surface area contributed by atoms with Crippen LogP contribution in [0.3, 0.4) is 0 Å². The number of benzene rings is 1. The van der Waals surface area contributed by atoms with Crippen molar-refractivity contribution in [2.75, 3.05) is 51.4 Å². The van der Waals surface area contributed by atoms with Crippen molar-refractivity contribution in [1.82, 2.24) is 9.80 Å². The number of carbonyl (C=O) groups is 1. The Morgan fingerprint density at radius 1 is 1.12 bits per heavy atom. The van der Waals surface area contributed by atoms with Crippen molar-refractivity contribution >= 4 is 15.7 Å². The second kappa shape index (κ2) is 7.61. The van der Waals surface area contributed by atoms with Crippen LogP contribution >= 0.6 is 0 Å². The van der Waals surface area contributed by atoms with Crippen molar-refractivity contribution in [3.05, 3.63) is 24.3 Å². The maximum absolute atomic E-state index is 12.3. The normalized spacial score (nSPS) is 23.4. The van der Waals surface area contributed by atoms with E-state index in [4.69, 9.17) is 9.47 Å². The number of ether oxygens (including phenoxy) is 2. The SMILES string of the molecule is COc1ccc(OCC(=O)N2CCN([C@@H]3CCS(=O)(=O)C3)CC2)cc1. The highest BCUT2D eigenvalue weighted by molar-refractivity contribution is 7.91. The van der Waals surface area contributed by atoms with Crippen LogP contribution in [0.5, 0.6) is 11.5 Å². The van der Waals surface area contributed by atoms with E-state index in [-0.39, 0.29) is 30.1 Å². The summed E-state index contributed by atoms with van der Waals surface area (Å²) in [6.45, 7) is 2.66. The van der Waals surface area contributed by atoms with Crippen molar-refractivity contribution in [3.63, 3.8) is 0 Å². The number of hydrogen-bond donors (Lipinski definition) is 0. The lowest BCUT2D eigenvalue weighted by molar-refractivity contribution is -0.135. The van der Waals surface area contributed by atoms with Gasteiger partial charge in [-0.25, -0.2) is 8.42 Å². The summed E-state index contributed by atoms with van der Waals surface area (Å²) >= 11 is 0. The molecule has 0 aliphatic carbocycles. The standard InChI is InChI=1S/C17H24N2O5S/c1-23-15-2-4-16(5-3-15)24-12-17(20)19-9-7-18(8-10-19)14-6-11-25(21,22)13-14/h2-5,14H,6-13H2,1H3/t14-/m1/s1. The molecule has 2 saturated heterocycles. The molecule has 7 nitrogen and oxygen atoms in total. The minimum absolute atomic E-state index is 0.00410. The first-order chi connectivity index (χ1) is 12.0. The van der Waals surface area contributed by atoms with Gasteiger partial charge in [-0.15, -0.1) is 0 Å². The topological polar surface area (TPSA) is 76.2 Å². The van der Waals surface area contributed by atoms with E-state index in [9.17, 15) is 13.2 Å². The van der Waals surface area contributed by atoms with E-state index in [1.54, 1.807) is 36.3 Å². The molecule has 0 unspecified atom stereocenters. The Labute approximate surface area is 148 Å². The van der Waals surface area contributed by atoms with Crippen molar-refractivity contribution < 1.29 is 22.7 Å². The number of nitrogens with zero attached hydrogens (tertiary/aromatic N) is 2. The summed E-state index contributed by atoms with van der Waals surface area (Å²) in [6, 6.07) is 7.22. The van der Waals surface area contributed by atoms with Crippen molar-refractivity contribution in [1.29, 1.82) is 0 Å². The molecule has 0 bridgehead atoms. The molecule has 2 aliphatic heterocycles. The largest absolute Gasteiger partial charge is 0.497 e. The van der Waals surface area contributed by atoms with Gasteiger partial charge in [0.25, 0.3) is 5.91 Å². The van der Waals surface area contributed by atoms with E-state index in [1.807, 2.05) is 0 Å². The van der Waals surface area contributed by atoms with Gasteiger partial charge in [-0.3, -0.25) is 9.69 Å². The molecular weight excluding hydrogens is 344 g/mol. The fraction of sp³-hybridized carbons (Fsp3) is 0.588. The first-order valence-corrected chi connectivity index (χ1v) is 10.3. The zero-order chi connectivity index (χ0) is 17.9. The first kappa shape index (κ1) is 18.0. The second-order valence-corrected chi connectivity index (χ2v) is 8.67. The lowest BCUT2D eigenvalue weighted by atomic mass is 10.2. The molecule has 25 heavy (non-hydrogen) atoms. The Balaban J connectivity index is 1.43. The van der Waals surface area contributed by atoms with E-state index in [0.29, 0.717) is 38.3 Å². The molecule has 1 atom stereocenters.